The molecule has 1 heterocycles. The Hall–Kier alpha value is -2.64. The molecule has 98 valence electrons. The van der Waals surface area contributed by atoms with Crippen LogP contribution < -0.4 is 5.56 Å². The van der Waals surface area contributed by atoms with E-state index in [1.54, 1.807) is 0 Å². The number of benzene rings is 1. The fraction of sp³-hybridized carbons (Fsp3) is 0. The van der Waals surface area contributed by atoms with E-state index >= 15 is 0 Å². The van der Waals surface area contributed by atoms with Gasteiger partial charge in [0.1, 0.15) is 5.69 Å². The van der Waals surface area contributed by atoms with Crippen LogP contribution in [-0.2, 0) is 0 Å². The molecule has 2 aromatic rings. The average molecular weight is 270 g/mol. The third-order valence-electron chi connectivity index (χ3n) is 2.24. The van der Waals surface area contributed by atoms with Crippen molar-refractivity contribution in [2.24, 2.45) is 0 Å². The molecule has 0 aliphatic heterocycles. The van der Waals surface area contributed by atoms with Crippen LogP contribution in [0.5, 0.6) is 0 Å². The molecule has 0 saturated carbocycles. The van der Waals surface area contributed by atoms with Gasteiger partial charge in [0.25, 0.3) is 5.56 Å². The van der Waals surface area contributed by atoms with Crippen LogP contribution in [0.4, 0.5) is 13.2 Å². The summed E-state index contributed by atoms with van der Waals surface area (Å²) in [5.74, 6) is -5.50. The highest BCUT2D eigenvalue weighted by atomic mass is 19.2. The first kappa shape index (κ1) is 12.8. The van der Waals surface area contributed by atoms with Crippen LogP contribution in [0.15, 0.2) is 29.1 Å². The van der Waals surface area contributed by atoms with E-state index < -0.39 is 40.4 Å². The molecule has 0 bridgehead atoms. The summed E-state index contributed by atoms with van der Waals surface area (Å²) in [7, 11) is 0. The van der Waals surface area contributed by atoms with E-state index in [0.717, 1.165) is 12.1 Å². The van der Waals surface area contributed by atoms with Crippen molar-refractivity contribution >= 4 is 5.97 Å². The van der Waals surface area contributed by atoms with Gasteiger partial charge in [0.05, 0.1) is 0 Å². The van der Waals surface area contributed by atoms with Crippen LogP contribution in [0.1, 0.15) is 10.5 Å². The minimum Gasteiger partial charge on any atom is -0.476 e. The molecule has 0 unspecified atom stereocenters. The van der Waals surface area contributed by atoms with Gasteiger partial charge >= 0.3 is 5.97 Å². The maximum atomic E-state index is 13.5. The molecule has 2 rings (SSSR count). The van der Waals surface area contributed by atoms with Gasteiger partial charge in [-0.25, -0.2) is 18.0 Å². The second-order valence-corrected chi connectivity index (χ2v) is 3.49. The number of hydrogen-bond acceptors (Lipinski definition) is 3. The Balaban J connectivity index is 2.71. The monoisotopic (exact) mass is 270 g/mol. The van der Waals surface area contributed by atoms with Crippen LogP contribution in [0.3, 0.4) is 0 Å². The molecule has 5 nitrogen and oxygen atoms in total. The van der Waals surface area contributed by atoms with E-state index in [4.69, 9.17) is 5.11 Å². The Kier molecular flexibility index (Phi) is 3.07. The molecule has 0 saturated heterocycles. The van der Waals surface area contributed by atoms with Crippen molar-refractivity contribution in [3.63, 3.8) is 0 Å². The number of halogens is 3. The van der Waals surface area contributed by atoms with Gasteiger partial charge in [0, 0.05) is 18.2 Å². The number of nitrogens with zero attached hydrogens (tertiary/aromatic N) is 2. The third-order valence-corrected chi connectivity index (χ3v) is 2.24. The average Bonchev–Trinajstić information content (AvgIpc) is 2.34. The highest BCUT2D eigenvalue weighted by Gasteiger charge is 2.15. The van der Waals surface area contributed by atoms with Crippen LogP contribution >= 0.6 is 0 Å². The number of carboxylic acids is 1. The van der Waals surface area contributed by atoms with Crippen molar-refractivity contribution in [3.8, 4) is 5.69 Å². The lowest BCUT2D eigenvalue weighted by atomic mass is 10.3. The molecular formula is C11H5F3N2O3. The normalized spacial score (nSPS) is 10.5. The predicted octanol–water partition coefficient (Wildman–Crippen LogP) is 1.35. The SMILES string of the molecule is O=C(O)c1ccc(=O)n(-c2cc(F)c(F)cc2F)n1. The van der Waals surface area contributed by atoms with Gasteiger partial charge in [-0.2, -0.15) is 9.78 Å². The summed E-state index contributed by atoms with van der Waals surface area (Å²) in [6.07, 6.45) is 0. The van der Waals surface area contributed by atoms with Crippen molar-refractivity contribution < 1.29 is 23.1 Å². The quantitative estimate of drug-likeness (QED) is 0.836. The van der Waals surface area contributed by atoms with Gasteiger partial charge in [-0.05, 0) is 6.07 Å². The molecule has 8 heteroatoms. The predicted molar refractivity (Wildman–Crippen MR) is 56.7 cm³/mol. The topological polar surface area (TPSA) is 72.2 Å². The smallest absolute Gasteiger partial charge is 0.356 e. The maximum absolute atomic E-state index is 13.5. The zero-order valence-electron chi connectivity index (χ0n) is 9.10. The zero-order valence-corrected chi connectivity index (χ0v) is 9.10. The Morgan fingerprint density at radius 3 is 2.37 bits per heavy atom. The Morgan fingerprint density at radius 1 is 1.11 bits per heavy atom. The lowest BCUT2D eigenvalue weighted by molar-refractivity contribution is 0.0688. The Labute approximate surface area is 103 Å². The molecule has 0 radical (unpaired) electrons. The van der Waals surface area contributed by atoms with Crippen molar-refractivity contribution in [2.75, 3.05) is 0 Å². The summed E-state index contributed by atoms with van der Waals surface area (Å²) in [4.78, 5) is 22.2. The zero-order chi connectivity index (χ0) is 14.2. The first-order valence-electron chi connectivity index (χ1n) is 4.89. The minimum atomic E-state index is -1.45. The van der Waals surface area contributed by atoms with Gasteiger partial charge in [-0.15, -0.1) is 0 Å². The van der Waals surface area contributed by atoms with Gasteiger partial charge in [-0.3, -0.25) is 4.79 Å². The number of carboxylic acid groups (broad SMARTS) is 1. The molecule has 19 heavy (non-hydrogen) atoms. The van der Waals surface area contributed by atoms with Gasteiger partial charge < -0.3 is 5.11 Å². The van der Waals surface area contributed by atoms with Gasteiger partial charge in [-0.1, -0.05) is 0 Å². The molecule has 0 aliphatic carbocycles. The molecular weight excluding hydrogens is 265 g/mol. The fourth-order valence-corrected chi connectivity index (χ4v) is 1.37. The Morgan fingerprint density at radius 2 is 1.74 bits per heavy atom. The summed E-state index contributed by atoms with van der Waals surface area (Å²) < 4.78 is 39.6. The van der Waals surface area contributed by atoms with Crippen LogP contribution in [0.2, 0.25) is 0 Å². The number of rotatable bonds is 2. The van der Waals surface area contributed by atoms with Crippen molar-refractivity contribution in [2.45, 2.75) is 0 Å². The lowest BCUT2D eigenvalue weighted by Crippen LogP contribution is -2.23. The third kappa shape index (κ3) is 2.32. The molecule has 0 fully saturated rings. The molecule has 0 amide bonds. The summed E-state index contributed by atoms with van der Waals surface area (Å²) >= 11 is 0. The second-order valence-electron chi connectivity index (χ2n) is 3.49. The summed E-state index contributed by atoms with van der Waals surface area (Å²) in [6, 6.07) is 2.41. The minimum absolute atomic E-state index is 0.242. The molecule has 0 aliphatic rings. The van der Waals surface area contributed by atoms with Gasteiger partial charge in [0.2, 0.25) is 0 Å². The molecule has 1 N–H and O–H groups in total. The van der Waals surface area contributed by atoms with Gasteiger partial charge in [0.15, 0.2) is 23.1 Å². The summed E-state index contributed by atoms with van der Waals surface area (Å²) in [5, 5.41) is 12.1. The molecule has 1 aromatic heterocycles. The van der Waals surface area contributed by atoms with Crippen LogP contribution in [0.25, 0.3) is 5.69 Å². The molecule has 1 aromatic carbocycles. The lowest BCUT2D eigenvalue weighted by Gasteiger charge is -2.06. The maximum Gasteiger partial charge on any atom is 0.356 e. The number of hydrogen-bond donors (Lipinski definition) is 1. The Bertz CT molecular complexity index is 728. The van der Waals surface area contributed by atoms with E-state index in [1.165, 1.54) is 0 Å². The van der Waals surface area contributed by atoms with Crippen molar-refractivity contribution in [1.29, 1.82) is 0 Å². The highest BCUT2D eigenvalue weighted by molar-refractivity contribution is 5.84. The standard InChI is InChI=1S/C11H5F3N2O3/c12-5-3-7(14)9(4-6(5)13)16-10(17)2-1-8(15-16)11(18)19/h1-4H,(H,18,19). The van der Waals surface area contributed by atoms with Crippen molar-refractivity contribution in [1.82, 2.24) is 9.78 Å². The van der Waals surface area contributed by atoms with Crippen molar-refractivity contribution in [3.05, 3.63) is 57.8 Å². The largest absolute Gasteiger partial charge is 0.476 e. The number of aromatic carboxylic acids is 1. The van der Waals surface area contributed by atoms with Crippen LogP contribution in [0, 0.1) is 17.5 Å². The van der Waals surface area contributed by atoms with E-state index in [0.29, 0.717) is 10.7 Å². The number of carbonyl (C=O) groups is 1. The van der Waals surface area contributed by atoms with E-state index in [1.807, 2.05) is 0 Å². The van der Waals surface area contributed by atoms with Crippen LogP contribution in [-0.4, -0.2) is 20.9 Å². The molecule has 0 spiro atoms. The first-order valence-corrected chi connectivity index (χ1v) is 4.89. The molecule has 0 atom stereocenters. The second kappa shape index (κ2) is 4.56. The highest BCUT2D eigenvalue weighted by Crippen LogP contribution is 2.15. The van der Waals surface area contributed by atoms with E-state index in [-0.39, 0.29) is 6.07 Å². The summed E-state index contributed by atoms with van der Waals surface area (Å²) in [5.41, 5.74) is -2.09. The van der Waals surface area contributed by atoms with E-state index in [9.17, 15) is 22.8 Å². The van der Waals surface area contributed by atoms with E-state index in [2.05, 4.69) is 5.10 Å². The first-order chi connectivity index (χ1) is 8.90. The fourth-order valence-electron chi connectivity index (χ4n) is 1.37. The number of aromatic nitrogens is 2. The summed E-state index contributed by atoms with van der Waals surface area (Å²) in [6.45, 7) is 0.